The molecule has 0 saturated carbocycles. The lowest BCUT2D eigenvalue weighted by molar-refractivity contribution is -0.115. The molecule has 0 spiro atoms. The summed E-state index contributed by atoms with van der Waals surface area (Å²) in [5.41, 5.74) is 3.13. The second-order valence-corrected chi connectivity index (χ2v) is 11.6. The second-order valence-electron chi connectivity index (χ2n) is 10.5. The van der Waals surface area contributed by atoms with Crippen LogP contribution in [0.4, 0.5) is 14.5 Å². The Morgan fingerprint density at radius 2 is 1.56 bits per heavy atom. The summed E-state index contributed by atoms with van der Waals surface area (Å²) in [7, 11) is 0. The molecule has 0 aliphatic carbocycles. The van der Waals surface area contributed by atoms with Gasteiger partial charge in [-0.1, -0.05) is 106 Å². The van der Waals surface area contributed by atoms with Gasteiger partial charge in [0.2, 0.25) is 5.91 Å². The number of rotatable bonds is 13. The number of carbonyl (C=O) groups is 1. The fraction of sp³-hybridized carbons (Fsp3) is 0.552. The van der Waals surface area contributed by atoms with E-state index in [9.17, 15) is 13.6 Å². The molecule has 5 heteroatoms. The van der Waals surface area contributed by atoms with E-state index in [-0.39, 0.29) is 21.8 Å². The van der Waals surface area contributed by atoms with Gasteiger partial charge in [0.15, 0.2) is 0 Å². The van der Waals surface area contributed by atoms with Gasteiger partial charge in [0, 0.05) is 17.3 Å². The predicted molar refractivity (Wildman–Crippen MR) is 143 cm³/mol. The summed E-state index contributed by atoms with van der Waals surface area (Å²) in [5, 5.41) is 2.76. The maximum absolute atomic E-state index is 14.7. The third kappa shape index (κ3) is 10.2. The summed E-state index contributed by atoms with van der Waals surface area (Å²) >= 11 is 3.45. The molecule has 2 aromatic carbocycles. The molecule has 0 radical (unpaired) electrons. The highest BCUT2D eigenvalue weighted by Gasteiger charge is 2.19. The van der Waals surface area contributed by atoms with Crippen LogP contribution >= 0.6 is 15.9 Å². The molecule has 2 aromatic rings. The van der Waals surface area contributed by atoms with Crippen LogP contribution in [0.3, 0.4) is 0 Å². The van der Waals surface area contributed by atoms with Crippen LogP contribution in [0.5, 0.6) is 0 Å². The van der Waals surface area contributed by atoms with Gasteiger partial charge in [0.25, 0.3) is 0 Å². The molecule has 1 amide bonds. The van der Waals surface area contributed by atoms with E-state index in [2.05, 4.69) is 73.2 Å². The van der Waals surface area contributed by atoms with Crippen molar-refractivity contribution in [3.8, 4) is 0 Å². The lowest BCUT2D eigenvalue weighted by atomic mass is 9.88. The molecule has 2 nitrogen and oxygen atoms in total. The van der Waals surface area contributed by atoms with E-state index in [0.717, 1.165) is 30.9 Å². The van der Waals surface area contributed by atoms with Crippen molar-refractivity contribution in [2.45, 2.75) is 96.7 Å². The second kappa shape index (κ2) is 14.0. The molecule has 0 bridgehead atoms. The van der Waals surface area contributed by atoms with Crippen LogP contribution in [-0.4, -0.2) is 10.7 Å². The Morgan fingerprint density at radius 1 is 0.941 bits per heavy atom. The van der Waals surface area contributed by atoms with Gasteiger partial charge in [0.05, 0.1) is 4.83 Å². The first-order valence-corrected chi connectivity index (χ1v) is 13.5. The van der Waals surface area contributed by atoms with Crippen LogP contribution in [0.1, 0.15) is 89.3 Å². The van der Waals surface area contributed by atoms with Crippen LogP contribution < -0.4 is 5.32 Å². The van der Waals surface area contributed by atoms with Gasteiger partial charge in [-0.05, 0) is 48.3 Å². The molecule has 188 valence electrons. The lowest BCUT2D eigenvalue weighted by Gasteiger charge is -2.18. The standard InChI is InChI=1S/C29H40BrF2NO/c1-5-6-7-8-9-10-11-25(30)28(34)33-27-19-23(31)18-26(32)24(27)17-16-21-12-14-22(15-13-21)20-29(2,3)4/h12-15,18-19,25H,5-11,16-17,20H2,1-4H3,(H,33,34). The number of unbranched alkanes of at least 4 members (excludes halogenated alkanes) is 5. The van der Waals surface area contributed by atoms with E-state index in [1.807, 2.05) is 0 Å². The van der Waals surface area contributed by atoms with Crippen molar-refractivity contribution in [1.29, 1.82) is 0 Å². The Hall–Kier alpha value is -1.75. The largest absolute Gasteiger partial charge is 0.325 e. The van der Waals surface area contributed by atoms with Crippen LogP contribution in [0.2, 0.25) is 0 Å². The summed E-state index contributed by atoms with van der Waals surface area (Å²) in [4.78, 5) is 12.3. The van der Waals surface area contributed by atoms with Crippen molar-refractivity contribution in [2.75, 3.05) is 5.32 Å². The summed E-state index contributed by atoms with van der Waals surface area (Å²) in [6.07, 6.45) is 9.56. The Balaban J connectivity index is 1.98. The number of carbonyl (C=O) groups excluding carboxylic acids is 1. The monoisotopic (exact) mass is 535 g/mol. The smallest absolute Gasteiger partial charge is 0.238 e. The Morgan fingerprint density at radius 3 is 2.21 bits per heavy atom. The van der Waals surface area contributed by atoms with Crippen LogP contribution in [0.25, 0.3) is 0 Å². The summed E-state index contributed by atoms with van der Waals surface area (Å²) < 4.78 is 28.6. The zero-order valence-corrected chi connectivity index (χ0v) is 22.7. The van der Waals surface area contributed by atoms with E-state index in [1.54, 1.807) is 0 Å². The van der Waals surface area contributed by atoms with Crippen LogP contribution in [-0.2, 0) is 24.1 Å². The number of hydrogen-bond donors (Lipinski definition) is 1. The fourth-order valence-corrected chi connectivity index (χ4v) is 4.56. The summed E-state index contributed by atoms with van der Waals surface area (Å²) in [6.45, 7) is 8.81. The molecule has 1 N–H and O–H groups in total. The van der Waals surface area contributed by atoms with Crippen molar-refractivity contribution in [1.82, 2.24) is 0 Å². The lowest BCUT2D eigenvalue weighted by Crippen LogP contribution is -2.24. The van der Waals surface area contributed by atoms with E-state index in [4.69, 9.17) is 0 Å². The van der Waals surface area contributed by atoms with Gasteiger partial charge in [-0.3, -0.25) is 4.79 Å². The van der Waals surface area contributed by atoms with Gasteiger partial charge in [-0.2, -0.15) is 0 Å². The van der Waals surface area contributed by atoms with Gasteiger partial charge < -0.3 is 5.32 Å². The number of amides is 1. The third-order valence-corrected chi connectivity index (χ3v) is 6.81. The van der Waals surface area contributed by atoms with Gasteiger partial charge in [-0.25, -0.2) is 8.78 Å². The molecule has 0 saturated heterocycles. The van der Waals surface area contributed by atoms with E-state index in [0.29, 0.717) is 24.8 Å². The van der Waals surface area contributed by atoms with E-state index >= 15 is 0 Å². The summed E-state index contributed by atoms with van der Waals surface area (Å²) in [6, 6.07) is 10.5. The molecule has 0 fully saturated rings. The van der Waals surface area contributed by atoms with Gasteiger partial charge in [-0.15, -0.1) is 0 Å². The number of alkyl halides is 1. The molecule has 34 heavy (non-hydrogen) atoms. The maximum atomic E-state index is 14.7. The normalized spacial score (nSPS) is 12.6. The van der Waals surface area contributed by atoms with Crippen molar-refractivity contribution in [2.24, 2.45) is 5.41 Å². The average molecular weight is 537 g/mol. The number of anilines is 1. The van der Waals surface area contributed by atoms with Crippen molar-refractivity contribution < 1.29 is 13.6 Å². The minimum absolute atomic E-state index is 0.216. The van der Waals surface area contributed by atoms with Crippen molar-refractivity contribution in [3.05, 3.63) is 64.7 Å². The highest BCUT2D eigenvalue weighted by atomic mass is 79.9. The van der Waals surface area contributed by atoms with E-state index in [1.165, 1.54) is 37.3 Å². The minimum Gasteiger partial charge on any atom is -0.325 e. The molecule has 0 aliphatic heterocycles. The number of hydrogen-bond acceptors (Lipinski definition) is 1. The van der Waals surface area contributed by atoms with Crippen molar-refractivity contribution in [3.63, 3.8) is 0 Å². The van der Waals surface area contributed by atoms with Crippen LogP contribution in [0, 0.1) is 17.0 Å². The summed E-state index contributed by atoms with van der Waals surface area (Å²) in [5.74, 6) is -1.57. The number of benzene rings is 2. The maximum Gasteiger partial charge on any atom is 0.238 e. The highest BCUT2D eigenvalue weighted by molar-refractivity contribution is 9.10. The zero-order valence-electron chi connectivity index (χ0n) is 21.2. The Labute approximate surface area is 213 Å². The van der Waals surface area contributed by atoms with Crippen molar-refractivity contribution >= 4 is 27.5 Å². The fourth-order valence-electron chi connectivity index (χ4n) is 4.12. The highest BCUT2D eigenvalue weighted by Crippen LogP contribution is 2.26. The quantitative estimate of drug-likeness (QED) is 0.201. The minimum atomic E-state index is -0.690. The first-order chi connectivity index (χ1) is 16.1. The Bertz CT molecular complexity index is 906. The third-order valence-electron chi connectivity index (χ3n) is 5.93. The van der Waals surface area contributed by atoms with Crippen LogP contribution in [0.15, 0.2) is 36.4 Å². The number of aryl methyl sites for hydroxylation is 1. The molecular weight excluding hydrogens is 496 g/mol. The molecule has 0 aromatic heterocycles. The first-order valence-electron chi connectivity index (χ1n) is 12.6. The SMILES string of the molecule is CCCCCCCCC(Br)C(=O)Nc1cc(F)cc(F)c1CCc1ccc(CC(C)(C)C)cc1. The molecule has 0 aliphatic rings. The zero-order chi connectivity index (χ0) is 25.1. The molecule has 1 unspecified atom stereocenters. The molecule has 0 heterocycles. The Kier molecular flexibility index (Phi) is 11.7. The first kappa shape index (κ1) is 28.5. The van der Waals surface area contributed by atoms with Gasteiger partial charge in [0.1, 0.15) is 11.6 Å². The van der Waals surface area contributed by atoms with Gasteiger partial charge >= 0.3 is 0 Å². The molecule has 2 rings (SSSR count). The number of nitrogens with one attached hydrogen (secondary N) is 1. The topological polar surface area (TPSA) is 29.1 Å². The predicted octanol–water partition coefficient (Wildman–Crippen LogP) is 8.79. The molecule has 1 atom stereocenters. The average Bonchev–Trinajstić information content (AvgIpc) is 2.75. The van der Waals surface area contributed by atoms with E-state index < -0.39 is 11.6 Å². The molecular formula is C29H40BrF2NO. The number of halogens is 3.